The summed E-state index contributed by atoms with van der Waals surface area (Å²) >= 11 is 0. The number of imide groups is 1. The van der Waals surface area contributed by atoms with Crippen LogP contribution in [-0.2, 0) is 9.59 Å². The SMILES string of the molecule is CNC(=O)[C@H]1CN(CC(=O)NC(=O)NCC(F)(F)F)c2ccccc2O1. The number of nitrogens with one attached hydrogen (secondary N) is 3. The van der Waals surface area contributed by atoms with Gasteiger partial charge in [0.1, 0.15) is 12.3 Å². The first-order valence-corrected chi connectivity index (χ1v) is 7.56. The van der Waals surface area contributed by atoms with E-state index >= 15 is 0 Å². The van der Waals surface area contributed by atoms with E-state index in [1.54, 1.807) is 29.6 Å². The number of anilines is 1. The summed E-state index contributed by atoms with van der Waals surface area (Å²) in [7, 11) is 1.44. The van der Waals surface area contributed by atoms with Crippen molar-refractivity contribution in [1.29, 1.82) is 0 Å². The zero-order valence-corrected chi connectivity index (χ0v) is 13.7. The molecule has 4 amide bonds. The van der Waals surface area contributed by atoms with Gasteiger partial charge < -0.3 is 20.3 Å². The zero-order chi connectivity index (χ0) is 19.3. The third-order valence-corrected chi connectivity index (χ3v) is 3.44. The monoisotopic (exact) mass is 374 g/mol. The Kier molecular flexibility index (Phi) is 5.90. The molecule has 1 aromatic rings. The molecule has 0 saturated heterocycles. The third-order valence-electron chi connectivity index (χ3n) is 3.44. The highest BCUT2D eigenvalue weighted by molar-refractivity contribution is 5.97. The molecule has 0 saturated carbocycles. The second-order valence-corrected chi connectivity index (χ2v) is 5.42. The zero-order valence-electron chi connectivity index (χ0n) is 13.7. The first-order chi connectivity index (χ1) is 12.2. The van der Waals surface area contributed by atoms with Crippen molar-refractivity contribution >= 4 is 23.5 Å². The van der Waals surface area contributed by atoms with Gasteiger partial charge >= 0.3 is 12.2 Å². The molecule has 142 valence electrons. The predicted octanol–water partition coefficient (Wildman–Crippen LogP) is 0.388. The molecule has 0 fully saturated rings. The Bertz CT molecular complexity index is 696. The van der Waals surface area contributed by atoms with Gasteiger partial charge in [0.05, 0.1) is 18.8 Å². The van der Waals surface area contributed by atoms with Crippen LogP contribution in [0.3, 0.4) is 0 Å². The van der Waals surface area contributed by atoms with Gasteiger partial charge in [0, 0.05) is 7.05 Å². The van der Waals surface area contributed by atoms with Crippen molar-refractivity contribution < 1.29 is 32.3 Å². The minimum Gasteiger partial charge on any atom is -0.477 e. The third kappa shape index (κ3) is 5.26. The number of nitrogens with zero attached hydrogens (tertiary/aromatic N) is 1. The largest absolute Gasteiger partial charge is 0.477 e. The molecule has 11 heteroatoms. The second-order valence-electron chi connectivity index (χ2n) is 5.42. The lowest BCUT2D eigenvalue weighted by molar-refractivity contribution is -0.127. The molecule has 1 aliphatic rings. The number of fused-ring (bicyclic) bond motifs is 1. The molecular formula is C15H17F3N4O4. The Labute approximate surface area is 146 Å². The highest BCUT2D eigenvalue weighted by Gasteiger charge is 2.32. The number of likely N-dealkylation sites (N-methyl/N-ethyl adjacent to an activating group) is 1. The summed E-state index contributed by atoms with van der Waals surface area (Å²) in [5, 5.41) is 5.80. The molecule has 1 aromatic carbocycles. The van der Waals surface area contributed by atoms with Crippen LogP contribution < -0.4 is 25.6 Å². The molecule has 26 heavy (non-hydrogen) atoms. The van der Waals surface area contributed by atoms with Crippen LogP contribution in [0.4, 0.5) is 23.7 Å². The number of halogens is 3. The van der Waals surface area contributed by atoms with Gasteiger partial charge in [-0.05, 0) is 12.1 Å². The first kappa shape index (κ1) is 19.3. The summed E-state index contributed by atoms with van der Waals surface area (Å²) in [6, 6.07) is 5.41. The van der Waals surface area contributed by atoms with Gasteiger partial charge in [-0.3, -0.25) is 14.9 Å². The summed E-state index contributed by atoms with van der Waals surface area (Å²) in [4.78, 5) is 36.7. The summed E-state index contributed by atoms with van der Waals surface area (Å²) in [6.45, 7) is -1.85. The molecule has 3 N–H and O–H groups in total. The minimum atomic E-state index is -4.58. The number of carbonyl (C=O) groups is 3. The Morgan fingerprint density at radius 3 is 2.62 bits per heavy atom. The molecule has 0 aliphatic carbocycles. The van der Waals surface area contributed by atoms with E-state index in [4.69, 9.17) is 4.74 Å². The van der Waals surface area contributed by atoms with Crippen LogP contribution in [-0.4, -0.2) is 56.8 Å². The lowest BCUT2D eigenvalue weighted by Gasteiger charge is -2.34. The maximum absolute atomic E-state index is 12.1. The number of para-hydroxylation sites is 2. The van der Waals surface area contributed by atoms with E-state index < -0.39 is 36.7 Å². The van der Waals surface area contributed by atoms with Gasteiger partial charge in [-0.15, -0.1) is 0 Å². The number of hydrogen-bond acceptors (Lipinski definition) is 5. The van der Waals surface area contributed by atoms with Gasteiger partial charge in [-0.1, -0.05) is 12.1 Å². The van der Waals surface area contributed by atoms with Gasteiger partial charge in [0.25, 0.3) is 5.91 Å². The number of benzene rings is 1. The smallest absolute Gasteiger partial charge is 0.405 e. The Morgan fingerprint density at radius 1 is 1.27 bits per heavy atom. The van der Waals surface area contributed by atoms with Crippen molar-refractivity contribution in [3.05, 3.63) is 24.3 Å². The maximum Gasteiger partial charge on any atom is 0.405 e. The summed E-state index contributed by atoms with van der Waals surface area (Å²) in [5.74, 6) is -0.841. The summed E-state index contributed by atoms with van der Waals surface area (Å²) in [6.07, 6.45) is -5.45. The minimum absolute atomic E-state index is 0.0360. The number of alkyl halides is 3. The van der Waals surface area contributed by atoms with Gasteiger partial charge in [-0.25, -0.2) is 4.79 Å². The van der Waals surface area contributed by atoms with Gasteiger partial charge in [0.2, 0.25) is 5.91 Å². The van der Waals surface area contributed by atoms with Crippen molar-refractivity contribution in [2.45, 2.75) is 12.3 Å². The van der Waals surface area contributed by atoms with E-state index in [1.807, 2.05) is 5.32 Å². The highest BCUT2D eigenvalue weighted by Crippen LogP contribution is 2.32. The molecule has 8 nitrogen and oxygen atoms in total. The quantitative estimate of drug-likeness (QED) is 0.708. The molecular weight excluding hydrogens is 357 g/mol. The highest BCUT2D eigenvalue weighted by atomic mass is 19.4. The maximum atomic E-state index is 12.1. The average Bonchev–Trinajstić information content (AvgIpc) is 2.58. The number of hydrogen-bond donors (Lipinski definition) is 3. The number of ether oxygens (including phenoxy) is 1. The first-order valence-electron chi connectivity index (χ1n) is 7.56. The van der Waals surface area contributed by atoms with E-state index in [0.29, 0.717) is 11.4 Å². The molecule has 1 heterocycles. The molecule has 1 aliphatic heterocycles. The van der Waals surface area contributed by atoms with Gasteiger partial charge in [-0.2, -0.15) is 13.2 Å². The molecule has 1 atom stereocenters. The predicted molar refractivity (Wildman–Crippen MR) is 84.7 cm³/mol. The average molecular weight is 374 g/mol. The van der Waals surface area contributed by atoms with Crippen molar-refractivity contribution in [3.63, 3.8) is 0 Å². The van der Waals surface area contributed by atoms with E-state index in [0.717, 1.165) is 0 Å². The Hall–Kier alpha value is -2.98. The second kappa shape index (κ2) is 7.93. The van der Waals surface area contributed by atoms with Crippen LogP contribution in [0.1, 0.15) is 0 Å². The number of amides is 4. The van der Waals surface area contributed by atoms with Crippen molar-refractivity contribution in [2.24, 2.45) is 0 Å². The van der Waals surface area contributed by atoms with Crippen LogP contribution in [0.5, 0.6) is 5.75 Å². The Morgan fingerprint density at radius 2 is 1.96 bits per heavy atom. The van der Waals surface area contributed by atoms with Crippen LogP contribution in [0.25, 0.3) is 0 Å². The van der Waals surface area contributed by atoms with E-state index in [-0.39, 0.29) is 13.1 Å². The standard InChI is InChI=1S/C15H17F3N4O4/c1-19-13(24)11-6-22(9-4-2-3-5-10(9)26-11)7-12(23)21-14(25)20-8-15(16,17)18/h2-5,11H,6-8H2,1H3,(H,19,24)(H2,20,21,23,25)/t11-/m1/s1. The molecule has 0 unspecified atom stereocenters. The molecule has 0 spiro atoms. The molecule has 0 radical (unpaired) electrons. The normalized spacial score (nSPS) is 16.2. The van der Waals surface area contributed by atoms with Crippen LogP contribution in [0, 0.1) is 0 Å². The van der Waals surface area contributed by atoms with E-state index in [2.05, 4.69) is 5.32 Å². The van der Waals surface area contributed by atoms with Crippen molar-refractivity contribution in [3.8, 4) is 5.75 Å². The van der Waals surface area contributed by atoms with Crippen LogP contribution in [0.15, 0.2) is 24.3 Å². The number of carbonyl (C=O) groups excluding carboxylic acids is 3. The molecule has 0 bridgehead atoms. The number of urea groups is 1. The summed E-state index contributed by atoms with van der Waals surface area (Å²) in [5.41, 5.74) is 0.526. The fourth-order valence-electron chi connectivity index (χ4n) is 2.32. The number of rotatable bonds is 4. The van der Waals surface area contributed by atoms with Crippen molar-refractivity contribution in [1.82, 2.24) is 16.0 Å². The fourth-order valence-corrected chi connectivity index (χ4v) is 2.32. The lowest BCUT2D eigenvalue weighted by atomic mass is 10.1. The van der Waals surface area contributed by atoms with Crippen LogP contribution >= 0.6 is 0 Å². The lowest BCUT2D eigenvalue weighted by Crippen LogP contribution is -2.52. The van der Waals surface area contributed by atoms with E-state index in [1.165, 1.54) is 11.9 Å². The van der Waals surface area contributed by atoms with E-state index in [9.17, 15) is 27.6 Å². The van der Waals surface area contributed by atoms with Crippen molar-refractivity contribution in [2.75, 3.05) is 31.6 Å². The topological polar surface area (TPSA) is 99.8 Å². The fraction of sp³-hybridized carbons (Fsp3) is 0.400. The molecule has 2 rings (SSSR count). The molecule has 0 aromatic heterocycles. The summed E-state index contributed by atoms with van der Waals surface area (Å²) < 4.78 is 41.7. The van der Waals surface area contributed by atoms with Gasteiger partial charge in [0.15, 0.2) is 6.10 Å². The Balaban J connectivity index is 2.01. The van der Waals surface area contributed by atoms with Crippen LogP contribution in [0.2, 0.25) is 0 Å².